The van der Waals surface area contributed by atoms with Gasteiger partial charge in [0.1, 0.15) is 0 Å². The Morgan fingerprint density at radius 1 is 1.37 bits per heavy atom. The van der Waals surface area contributed by atoms with Gasteiger partial charge in [-0.1, -0.05) is 10.4 Å². The molecule has 0 saturated carbocycles. The topological polar surface area (TPSA) is 70.7 Å². The third-order valence-corrected chi connectivity index (χ3v) is 3.55. The van der Waals surface area contributed by atoms with Crippen LogP contribution in [0.4, 0.5) is 0 Å². The van der Waals surface area contributed by atoms with Gasteiger partial charge in [-0.3, -0.25) is 0 Å². The average Bonchev–Trinajstić information content (AvgIpc) is 3.12. The maximum atomic E-state index is 5.38. The molecular formula is C12H18N6O. The van der Waals surface area contributed by atoms with E-state index in [1.54, 1.807) is 0 Å². The van der Waals surface area contributed by atoms with Crippen LogP contribution in [0, 0.1) is 6.92 Å². The first-order valence-electron chi connectivity index (χ1n) is 6.64. The van der Waals surface area contributed by atoms with Gasteiger partial charge in [-0.05, 0) is 20.3 Å². The van der Waals surface area contributed by atoms with Gasteiger partial charge >= 0.3 is 0 Å². The zero-order valence-electron chi connectivity index (χ0n) is 11.3. The van der Waals surface area contributed by atoms with Crippen molar-refractivity contribution in [3.05, 3.63) is 23.3 Å². The van der Waals surface area contributed by atoms with E-state index in [0.29, 0.717) is 12.5 Å². The molecule has 1 aliphatic rings. The van der Waals surface area contributed by atoms with Crippen molar-refractivity contribution in [1.82, 2.24) is 30.0 Å². The molecule has 1 atom stereocenters. The molecular weight excluding hydrogens is 244 g/mol. The lowest BCUT2D eigenvalue weighted by Gasteiger charge is -2.04. The zero-order valence-corrected chi connectivity index (χ0v) is 11.3. The van der Waals surface area contributed by atoms with Crippen molar-refractivity contribution in [2.24, 2.45) is 0 Å². The minimum Gasteiger partial charge on any atom is -0.381 e. The Kier molecular flexibility index (Phi) is 3.29. The Bertz CT molecular complexity index is 554. The van der Waals surface area contributed by atoms with Crippen molar-refractivity contribution in [3.63, 3.8) is 0 Å². The molecule has 2 aromatic rings. The fraction of sp³-hybridized carbons (Fsp3) is 0.667. The van der Waals surface area contributed by atoms with Gasteiger partial charge in [0.15, 0.2) is 0 Å². The normalized spacial score (nSPS) is 19.2. The largest absolute Gasteiger partial charge is 0.381 e. The first-order valence-corrected chi connectivity index (χ1v) is 6.64. The van der Waals surface area contributed by atoms with Gasteiger partial charge in [0.25, 0.3) is 0 Å². The van der Waals surface area contributed by atoms with Crippen LogP contribution in [-0.4, -0.2) is 43.2 Å². The summed E-state index contributed by atoms with van der Waals surface area (Å²) in [6, 6.07) is 0. The van der Waals surface area contributed by atoms with Crippen LogP contribution in [-0.2, 0) is 17.8 Å². The van der Waals surface area contributed by atoms with E-state index < -0.39 is 0 Å². The van der Waals surface area contributed by atoms with Gasteiger partial charge in [0.2, 0.25) is 0 Å². The average molecular weight is 262 g/mol. The Morgan fingerprint density at radius 2 is 2.26 bits per heavy atom. The van der Waals surface area contributed by atoms with Crippen molar-refractivity contribution in [3.8, 4) is 0 Å². The van der Waals surface area contributed by atoms with Crippen LogP contribution in [0.25, 0.3) is 0 Å². The minimum atomic E-state index is 0.393. The van der Waals surface area contributed by atoms with Crippen LogP contribution >= 0.6 is 0 Å². The van der Waals surface area contributed by atoms with Crippen LogP contribution < -0.4 is 0 Å². The first-order chi connectivity index (χ1) is 9.28. The lowest BCUT2D eigenvalue weighted by molar-refractivity contribution is 0.193. The molecule has 102 valence electrons. The quantitative estimate of drug-likeness (QED) is 0.813. The van der Waals surface area contributed by atoms with Crippen molar-refractivity contribution in [2.45, 2.75) is 39.3 Å². The Morgan fingerprint density at radius 3 is 3.00 bits per heavy atom. The monoisotopic (exact) mass is 262 g/mol. The summed E-state index contributed by atoms with van der Waals surface area (Å²) >= 11 is 0. The maximum Gasteiger partial charge on any atom is 0.0881 e. The van der Waals surface area contributed by atoms with Crippen molar-refractivity contribution < 1.29 is 4.74 Å². The Labute approximate surface area is 111 Å². The van der Waals surface area contributed by atoms with Crippen LogP contribution in [0.15, 0.2) is 6.20 Å². The molecule has 2 aromatic heterocycles. The summed E-state index contributed by atoms with van der Waals surface area (Å²) < 4.78 is 9.13. The van der Waals surface area contributed by atoms with Gasteiger partial charge in [0.05, 0.1) is 30.2 Å². The smallest absolute Gasteiger partial charge is 0.0881 e. The number of nitrogens with zero attached hydrogens (tertiary/aromatic N) is 6. The van der Waals surface area contributed by atoms with E-state index >= 15 is 0 Å². The van der Waals surface area contributed by atoms with Crippen LogP contribution in [0.2, 0.25) is 0 Å². The van der Waals surface area contributed by atoms with E-state index in [4.69, 9.17) is 4.74 Å². The Balaban J connectivity index is 1.77. The second-order valence-corrected chi connectivity index (χ2v) is 4.84. The predicted molar refractivity (Wildman–Crippen MR) is 67.7 cm³/mol. The Hall–Kier alpha value is -1.76. The maximum absolute atomic E-state index is 5.38. The van der Waals surface area contributed by atoms with E-state index in [1.807, 2.05) is 22.5 Å². The van der Waals surface area contributed by atoms with Crippen LogP contribution in [0.3, 0.4) is 0 Å². The summed E-state index contributed by atoms with van der Waals surface area (Å²) in [5.74, 6) is 0.393. The molecule has 1 saturated heterocycles. The second kappa shape index (κ2) is 5.08. The summed E-state index contributed by atoms with van der Waals surface area (Å²) in [6.45, 7) is 7.08. The SMILES string of the molecule is CCn1nnc(C)c1Cn1cc(C2CCOC2)nn1. The predicted octanol–water partition coefficient (Wildman–Crippen LogP) is 0.750. The fourth-order valence-corrected chi connectivity index (χ4v) is 2.37. The third kappa shape index (κ3) is 2.37. The summed E-state index contributed by atoms with van der Waals surface area (Å²) in [4.78, 5) is 0. The van der Waals surface area contributed by atoms with Crippen molar-refractivity contribution in [1.29, 1.82) is 0 Å². The molecule has 7 nitrogen and oxygen atoms in total. The third-order valence-electron chi connectivity index (χ3n) is 3.55. The molecule has 3 heterocycles. The fourth-order valence-electron chi connectivity index (χ4n) is 2.37. The van der Waals surface area contributed by atoms with E-state index in [-0.39, 0.29) is 0 Å². The molecule has 1 aliphatic heterocycles. The van der Waals surface area contributed by atoms with Gasteiger partial charge < -0.3 is 4.74 Å². The minimum absolute atomic E-state index is 0.393. The molecule has 0 N–H and O–H groups in total. The van der Waals surface area contributed by atoms with E-state index in [9.17, 15) is 0 Å². The highest BCUT2D eigenvalue weighted by molar-refractivity contribution is 5.10. The molecule has 0 aliphatic carbocycles. The molecule has 0 amide bonds. The molecule has 1 unspecified atom stereocenters. The lowest BCUT2D eigenvalue weighted by atomic mass is 10.1. The zero-order chi connectivity index (χ0) is 13.2. The molecule has 0 radical (unpaired) electrons. The molecule has 1 fully saturated rings. The van der Waals surface area contributed by atoms with Gasteiger partial charge in [-0.25, -0.2) is 9.36 Å². The van der Waals surface area contributed by atoms with Crippen molar-refractivity contribution >= 4 is 0 Å². The second-order valence-electron chi connectivity index (χ2n) is 4.84. The summed E-state index contributed by atoms with van der Waals surface area (Å²) in [5.41, 5.74) is 3.05. The summed E-state index contributed by atoms with van der Waals surface area (Å²) in [5, 5.41) is 16.6. The molecule has 0 bridgehead atoms. The van der Waals surface area contributed by atoms with E-state index in [0.717, 1.165) is 43.3 Å². The molecule has 7 heteroatoms. The first kappa shape index (κ1) is 12.3. The molecule has 0 spiro atoms. The number of hydrogen-bond acceptors (Lipinski definition) is 5. The van der Waals surface area contributed by atoms with Crippen LogP contribution in [0.1, 0.15) is 36.3 Å². The van der Waals surface area contributed by atoms with Crippen LogP contribution in [0.5, 0.6) is 0 Å². The molecule has 3 rings (SSSR count). The highest BCUT2D eigenvalue weighted by atomic mass is 16.5. The van der Waals surface area contributed by atoms with Crippen molar-refractivity contribution in [2.75, 3.05) is 13.2 Å². The van der Waals surface area contributed by atoms with Gasteiger partial charge in [-0.15, -0.1) is 10.2 Å². The standard InChI is InChI=1S/C12H18N6O/c1-3-18-12(9(2)13-16-18)7-17-6-11(14-15-17)10-4-5-19-8-10/h6,10H,3-5,7-8H2,1-2H3. The summed E-state index contributed by atoms with van der Waals surface area (Å²) in [6.07, 6.45) is 3.04. The number of hydrogen-bond donors (Lipinski definition) is 0. The summed E-state index contributed by atoms with van der Waals surface area (Å²) in [7, 11) is 0. The number of rotatable bonds is 4. The number of ether oxygens (including phenoxy) is 1. The molecule has 19 heavy (non-hydrogen) atoms. The van der Waals surface area contributed by atoms with Gasteiger partial charge in [-0.2, -0.15) is 0 Å². The molecule has 0 aromatic carbocycles. The van der Waals surface area contributed by atoms with E-state index in [1.165, 1.54) is 0 Å². The number of aromatic nitrogens is 6. The lowest BCUT2D eigenvalue weighted by Crippen LogP contribution is -2.09. The van der Waals surface area contributed by atoms with Gasteiger partial charge in [0, 0.05) is 25.3 Å². The number of aryl methyl sites for hydroxylation is 2. The highest BCUT2D eigenvalue weighted by Crippen LogP contribution is 2.22. The highest BCUT2D eigenvalue weighted by Gasteiger charge is 2.21. The van der Waals surface area contributed by atoms with E-state index in [2.05, 4.69) is 27.5 Å².